The van der Waals surface area contributed by atoms with E-state index in [4.69, 9.17) is 20.9 Å². The van der Waals surface area contributed by atoms with Crippen LogP contribution in [0.5, 0.6) is 0 Å². The zero-order chi connectivity index (χ0) is 12.7. The molecule has 0 aromatic rings. The Bertz CT molecular complexity index is 246. The van der Waals surface area contributed by atoms with E-state index in [1.165, 1.54) is 0 Å². The van der Waals surface area contributed by atoms with Crippen molar-refractivity contribution < 1.29 is 30.6 Å². The second kappa shape index (κ2) is 7.36. The SMILES string of the molecule is [N-]=[N+]=N[C@@H](CO)[C@H](O)[C@@H](O)[C@H](O)[C@H](O)CO. The lowest BCUT2D eigenvalue weighted by atomic mass is 9.99. The van der Waals surface area contributed by atoms with Crippen LogP contribution in [0.2, 0.25) is 0 Å². The fraction of sp³-hybridized carbons (Fsp3) is 1.00. The monoisotopic (exact) mass is 237 g/mol. The van der Waals surface area contributed by atoms with Gasteiger partial charge in [-0.05, 0) is 5.53 Å². The third-order valence-corrected chi connectivity index (χ3v) is 2.06. The Morgan fingerprint density at radius 2 is 1.50 bits per heavy atom. The third kappa shape index (κ3) is 3.91. The lowest BCUT2D eigenvalue weighted by Gasteiger charge is -2.27. The first-order valence-electron chi connectivity index (χ1n) is 4.47. The largest absolute Gasteiger partial charge is 0.396 e. The van der Waals surface area contributed by atoms with Crippen molar-refractivity contribution in [2.75, 3.05) is 13.2 Å². The molecule has 0 bridgehead atoms. The molecule has 0 saturated heterocycles. The number of rotatable bonds is 7. The molecule has 0 radical (unpaired) electrons. The van der Waals surface area contributed by atoms with E-state index in [0.717, 1.165) is 0 Å². The van der Waals surface area contributed by atoms with E-state index in [9.17, 15) is 15.3 Å². The van der Waals surface area contributed by atoms with Crippen LogP contribution in [0, 0.1) is 0 Å². The number of azide groups is 1. The molecule has 0 saturated carbocycles. The smallest absolute Gasteiger partial charge is 0.110 e. The number of aliphatic hydroxyl groups excluding tert-OH is 6. The normalized spacial score (nSPS) is 20.4. The molecule has 0 spiro atoms. The van der Waals surface area contributed by atoms with Crippen molar-refractivity contribution in [3.8, 4) is 0 Å². The molecule has 94 valence electrons. The van der Waals surface area contributed by atoms with Gasteiger partial charge in [-0.2, -0.15) is 0 Å². The first kappa shape index (κ1) is 15.1. The molecule has 0 rings (SSSR count). The Kier molecular flexibility index (Phi) is 6.93. The molecule has 0 fully saturated rings. The van der Waals surface area contributed by atoms with E-state index in [-0.39, 0.29) is 0 Å². The van der Waals surface area contributed by atoms with Crippen molar-refractivity contribution in [3.63, 3.8) is 0 Å². The van der Waals surface area contributed by atoms with Gasteiger partial charge in [-0.1, -0.05) is 5.11 Å². The molecular weight excluding hydrogens is 222 g/mol. The minimum Gasteiger partial charge on any atom is -0.396 e. The number of nitrogens with zero attached hydrogens (tertiary/aromatic N) is 3. The number of aliphatic hydroxyl groups is 6. The highest BCUT2D eigenvalue weighted by atomic mass is 16.4. The van der Waals surface area contributed by atoms with Gasteiger partial charge in [0.1, 0.15) is 18.3 Å². The fourth-order valence-electron chi connectivity index (χ4n) is 1.04. The van der Waals surface area contributed by atoms with E-state index in [1.807, 2.05) is 0 Å². The van der Waals surface area contributed by atoms with E-state index in [2.05, 4.69) is 10.0 Å². The van der Waals surface area contributed by atoms with E-state index in [1.54, 1.807) is 0 Å². The lowest BCUT2D eigenvalue weighted by Crippen LogP contribution is -2.50. The maximum absolute atomic E-state index is 9.40. The highest BCUT2D eigenvalue weighted by molar-refractivity contribution is 4.87. The predicted octanol–water partition coefficient (Wildman–Crippen LogP) is -2.91. The number of hydrogen-bond donors (Lipinski definition) is 6. The molecule has 0 aliphatic heterocycles. The Balaban J connectivity index is 4.56. The molecule has 9 nitrogen and oxygen atoms in total. The molecule has 0 aliphatic rings. The minimum atomic E-state index is -1.86. The standard InChI is InChI=1S/C7H15N3O6/c8-10-9-3(1-11)5(14)7(16)6(15)4(13)2-12/h3-7,11-16H,1-2H2/t3-,4+,5-,6+,7+/m0/s1. The molecule has 0 unspecified atom stereocenters. The fourth-order valence-corrected chi connectivity index (χ4v) is 1.04. The van der Waals surface area contributed by atoms with Gasteiger partial charge in [0, 0.05) is 4.91 Å². The first-order chi connectivity index (χ1) is 7.49. The zero-order valence-corrected chi connectivity index (χ0v) is 8.33. The van der Waals surface area contributed by atoms with Crippen molar-refractivity contribution in [2.24, 2.45) is 5.11 Å². The molecule has 0 amide bonds. The Labute approximate surface area is 90.8 Å². The van der Waals surface area contributed by atoms with Crippen molar-refractivity contribution in [3.05, 3.63) is 10.4 Å². The third-order valence-electron chi connectivity index (χ3n) is 2.06. The summed E-state index contributed by atoms with van der Waals surface area (Å²) in [5, 5.41) is 57.2. The van der Waals surface area contributed by atoms with Gasteiger partial charge in [0.2, 0.25) is 0 Å². The van der Waals surface area contributed by atoms with Crippen molar-refractivity contribution in [1.82, 2.24) is 0 Å². The summed E-state index contributed by atoms with van der Waals surface area (Å²) in [5.74, 6) is 0. The second-order valence-corrected chi connectivity index (χ2v) is 3.18. The summed E-state index contributed by atoms with van der Waals surface area (Å²) in [7, 11) is 0. The maximum Gasteiger partial charge on any atom is 0.110 e. The van der Waals surface area contributed by atoms with Crippen LogP contribution in [0.3, 0.4) is 0 Å². The summed E-state index contributed by atoms with van der Waals surface area (Å²) in [6.45, 7) is -1.54. The predicted molar refractivity (Wildman–Crippen MR) is 51.1 cm³/mol. The van der Waals surface area contributed by atoms with Gasteiger partial charge in [0.25, 0.3) is 0 Å². The topological polar surface area (TPSA) is 170 Å². The highest BCUT2D eigenvalue weighted by Crippen LogP contribution is 2.10. The van der Waals surface area contributed by atoms with E-state index < -0.39 is 43.7 Å². The Hall–Kier alpha value is -0.930. The summed E-state index contributed by atoms with van der Waals surface area (Å²) in [6.07, 6.45) is -7.07. The molecule has 9 heteroatoms. The number of hydrogen-bond acceptors (Lipinski definition) is 7. The van der Waals surface area contributed by atoms with Gasteiger partial charge in [-0.15, -0.1) is 0 Å². The summed E-state index contributed by atoms with van der Waals surface area (Å²) in [4.78, 5) is 2.34. The summed E-state index contributed by atoms with van der Waals surface area (Å²) < 4.78 is 0. The van der Waals surface area contributed by atoms with Crippen LogP contribution in [0.25, 0.3) is 10.4 Å². The lowest BCUT2D eigenvalue weighted by molar-refractivity contribution is -0.121. The van der Waals surface area contributed by atoms with Crippen LogP contribution < -0.4 is 0 Å². The zero-order valence-electron chi connectivity index (χ0n) is 8.33. The van der Waals surface area contributed by atoms with Gasteiger partial charge in [-0.25, -0.2) is 0 Å². The quantitative estimate of drug-likeness (QED) is 0.157. The average Bonchev–Trinajstić information content (AvgIpc) is 2.32. The van der Waals surface area contributed by atoms with E-state index >= 15 is 0 Å². The van der Waals surface area contributed by atoms with Crippen LogP contribution in [0.15, 0.2) is 5.11 Å². The average molecular weight is 237 g/mol. The molecule has 0 aromatic heterocycles. The molecular formula is C7H15N3O6. The highest BCUT2D eigenvalue weighted by Gasteiger charge is 2.34. The van der Waals surface area contributed by atoms with Gasteiger partial charge in [0.15, 0.2) is 0 Å². The summed E-state index contributed by atoms with van der Waals surface area (Å²) in [5.41, 5.74) is 8.10. The molecule has 5 atom stereocenters. The van der Waals surface area contributed by atoms with Crippen LogP contribution >= 0.6 is 0 Å². The maximum atomic E-state index is 9.40. The van der Waals surface area contributed by atoms with Crippen molar-refractivity contribution >= 4 is 0 Å². The summed E-state index contributed by atoms with van der Waals surface area (Å²) in [6, 6.07) is -1.35. The molecule has 0 aliphatic carbocycles. The Morgan fingerprint density at radius 1 is 0.938 bits per heavy atom. The van der Waals surface area contributed by atoms with Crippen LogP contribution in [0.4, 0.5) is 0 Å². The first-order valence-corrected chi connectivity index (χ1v) is 4.47. The van der Waals surface area contributed by atoms with Crippen LogP contribution in [-0.2, 0) is 0 Å². The molecule has 0 aromatic carbocycles. The summed E-state index contributed by atoms with van der Waals surface area (Å²) >= 11 is 0. The van der Waals surface area contributed by atoms with Crippen molar-refractivity contribution in [2.45, 2.75) is 30.5 Å². The Morgan fingerprint density at radius 3 is 1.88 bits per heavy atom. The van der Waals surface area contributed by atoms with Gasteiger partial charge >= 0.3 is 0 Å². The second-order valence-electron chi connectivity index (χ2n) is 3.18. The van der Waals surface area contributed by atoms with Gasteiger partial charge in [0.05, 0.1) is 25.4 Å². The molecule has 0 heterocycles. The van der Waals surface area contributed by atoms with Crippen LogP contribution in [-0.4, -0.2) is 74.3 Å². The van der Waals surface area contributed by atoms with Crippen LogP contribution in [0.1, 0.15) is 0 Å². The van der Waals surface area contributed by atoms with Gasteiger partial charge < -0.3 is 30.6 Å². The minimum absolute atomic E-state index is 0.732. The van der Waals surface area contributed by atoms with Crippen molar-refractivity contribution in [1.29, 1.82) is 0 Å². The van der Waals surface area contributed by atoms with E-state index in [0.29, 0.717) is 0 Å². The molecule has 6 N–H and O–H groups in total. The van der Waals surface area contributed by atoms with Gasteiger partial charge in [-0.3, -0.25) is 0 Å². The molecule has 16 heavy (non-hydrogen) atoms.